The van der Waals surface area contributed by atoms with E-state index in [4.69, 9.17) is 0 Å². The lowest BCUT2D eigenvalue weighted by atomic mass is 9.82. The summed E-state index contributed by atoms with van der Waals surface area (Å²) in [5.74, 6) is 1.01. The van der Waals surface area contributed by atoms with Gasteiger partial charge in [-0.25, -0.2) is 0 Å². The third-order valence-electron chi connectivity index (χ3n) is 5.26. The van der Waals surface area contributed by atoms with Crippen molar-refractivity contribution in [2.45, 2.75) is 90.3 Å². The maximum atomic E-state index is 12.8. The van der Waals surface area contributed by atoms with Crippen LogP contribution in [0, 0.1) is 5.92 Å². The molecular weight excluding hydrogens is 264 g/mol. The van der Waals surface area contributed by atoms with Gasteiger partial charge in [0.15, 0.2) is 0 Å². The van der Waals surface area contributed by atoms with E-state index in [9.17, 15) is 9.59 Å². The molecule has 1 aliphatic heterocycles. The van der Waals surface area contributed by atoms with Crippen molar-refractivity contribution in [3.8, 4) is 0 Å². The van der Waals surface area contributed by atoms with Gasteiger partial charge >= 0.3 is 0 Å². The Hall–Kier alpha value is -1.06. The summed E-state index contributed by atoms with van der Waals surface area (Å²) in [6, 6.07) is -0.279. The maximum absolute atomic E-state index is 12.8. The molecule has 0 aromatic heterocycles. The number of nitrogens with one attached hydrogen (secondary N) is 1. The summed E-state index contributed by atoms with van der Waals surface area (Å²) in [5, 5.41) is 2.93. The molecule has 2 amide bonds. The van der Waals surface area contributed by atoms with Gasteiger partial charge in [0.2, 0.25) is 11.8 Å². The number of rotatable bonds is 5. The number of carbonyl (C=O) groups is 2. The quantitative estimate of drug-likeness (QED) is 0.847. The van der Waals surface area contributed by atoms with Gasteiger partial charge in [0, 0.05) is 6.04 Å². The summed E-state index contributed by atoms with van der Waals surface area (Å²) < 4.78 is 0. The molecule has 21 heavy (non-hydrogen) atoms. The van der Waals surface area contributed by atoms with Crippen LogP contribution in [0.25, 0.3) is 0 Å². The molecule has 0 spiro atoms. The molecule has 0 aromatic carbocycles. The van der Waals surface area contributed by atoms with E-state index in [1.165, 1.54) is 19.3 Å². The second-order valence-corrected chi connectivity index (χ2v) is 6.60. The Morgan fingerprint density at radius 1 is 1.05 bits per heavy atom. The molecule has 1 aliphatic carbocycles. The van der Waals surface area contributed by atoms with Gasteiger partial charge in [-0.3, -0.25) is 9.59 Å². The topological polar surface area (TPSA) is 49.4 Å². The Morgan fingerprint density at radius 3 is 2.24 bits per heavy atom. The molecule has 0 bridgehead atoms. The first-order chi connectivity index (χ1) is 10.1. The third-order valence-corrected chi connectivity index (χ3v) is 5.26. The molecule has 2 aliphatic rings. The van der Waals surface area contributed by atoms with Crippen LogP contribution in [0.1, 0.15) is 72.1 Å². The molecule has 4 heteroatoms. The second-order valence-electron chi connectivity index (χ2n) is 6.60. The minimum Gasteiger partial charge on any atom is -0.343 e. The van der Waals surface area contributed by atoms with Crippen LogP contribution in [0.4, 0.5) is 0 Å². The lowest BCUT2D eigenvalue weighted by molar-refractivity contribution is -0.153. The fourth-order valence-corrected chi connectivity index (χ4v) is 3.92. The van der Waals surface area contributed by atoms with Gasteiger partial charge in [-0.05, 0) is 44.4 Å². The van der Waals surface area contributed by atoms with Gasteiger partial charge < -0.3 is 10.2 Å². The normalized spacial score (nSPS) is 34.0. The minimum atomic E-state index is -0.297. The number of hydrogen-bond acceptors (Lipinski definition) is 2. The van der Waals surface area contributed by atoms with Crippen molar-refractivity contribution in [3.05, 3.63) is 0 Å². The Morgan fingerprint density at radius 2 is 1.71 bits per heavy atom. The van der Waals surface area contributed by atoms with Crippen molar-refractivity contribution in [2.75, 3.05) is 0 Å². The van der Waals surface area contributed by atoms with E-state index >= 15 is 0 Å². The lowest BCUT2D eigenvalue weighted by Crippen LogP contribution is -2.65. The summed E-state index contributed by atoms with van der Waals surface area (Å²) in [5.41, 5.74) is 0. The highest BCUT2D eigenvalue weighted by Crippen LogP contribution is 2.32. The van der Waals surface area contributed by atoms with E-state index in [1.807, 2.05) is 11.8 Å². The zero-order valence-corrected chi connectivity index (χ0v) is 13.7. The van der Waals surface area contributed by atoms with E-state index in [-0.39, 0.29) is 29.9 Å². The van der Waals surface area contributed by atoms with Gasteiger partial charge in [-0.1, -0.05) is 33.6 Å². The van der Waals surface area contributed by atoms with Gasteiger partial charge in [0.1, 0.15) is 12.1 Å². The van der Waals surface area contributed by atoms with E-state index in [1.54, 1.807) is 0 Å². The van der Waals surface area contributed by atoms with Gasteiger partial charge in [0.05, 0.1) is 0 Å². The van der Waals surface area contributed by atoms with E-state index in [0.717, 1.165) is 31.6 Å². The lowest BCUT2D eigenvalue weighted by Gasteiger charge is -2.45. The molecule has 4 nitrogen and oxygen atoms in total. The SMILES string of the molecule is CCCC1NC(=O)C(CC)N(C2CCC(CC)CC2)C1=O. The molecule has 2 fully saturated rings. The molecule has 2 unspecified atom stereocenters. The van der Waals surface area contributed by atoms with Gasteiger partial charge in [-0.2, -0.15) is 0 Å². The average Bonchev–Trinajstić information content (AvgIpc) is 2.50. The predicted octanol–water partition coefficient (Wildman–Crippen LogP) is 2.86. The minimum absolute atomic E-state index is 0.0492. The largest absolute Gasteiger partial charge is 0.343 e. The Kier molecular flexibility index (Phi) is 5.65. The van der Waals surface area contributed by atoms with Crippen molar-refractivity contribution in [3.63, 3.8) is 0 Å². The number of carbonyl (C=O) groups excluding carboxylic acids is 2. The molecule has 0 radical (unpaired) electrons. The van der Waals surface area contributed by atoms with Crippen molar-refractivity contribution in [2.24, 2.45) is 5.92 Å². The smallest absolute Gasteiger partial charge is 0.246 e. The van der Waals surface area contributed by atoms with E-state index in [0.29, 0.717) is 6.42 Å². The molecule has 2 atom stereocenters. The number of amides is 2. The molecule has 1 heterocycles. The third kappa shape index (κ3) is 3.41. The summed E-state index contributed by atoms with van der Waals surface area (Å²) in [6.07, 6.45) is 8.13. The Labute approximate surface area is 128 Å². The standard InChI is InChI=1S/C17H30N2O2/c1-4-7-14-17(21)19(15(6-3)16(20)18-14)13-10-8-12(5-2)9-11-13/h12-15H,4-11H2,1-3H3,(H,18,20). The number of piperazine rings is 1. The number of hydrogen-bond donors (Lipinski definition) is 1. The van der Waals surface area contributed by atoms with Crippen molar-refractivity contribution < 1.29 is 9.59 Å². The molecule has 2 rings (SSSR count). The van der Waals surface area contributed by atoms with Crippen LogP contribution < -0.4 is 5.32 Å². The predicted molar refractivity (Wildman–Crippen MR) is 83.8 cm³/mol. The van der Waals surface area contributed by atoms with E-state index in [2.05, 4.69) is 19.2 Å². The van der Waals surface area contributed by atoms with Gasteiger partial charge in [0.25, 0.3) is 0 Å². The highest BCUT2D eigenvalue weighted by atomic mass is 16.2. The summed E-state index contributed by atoms with van der Waals surface area (Å²) in [7, 11) is 0. The first-order valence-electron chi connectivity index (χ1n) is 8.74. The fourth-order valence-electron chi connectivity index (χ4n) is 3.92. The zero-order valence-electron chi connectivity index (χ0n) is 13.7. The van der Waals surface area contributed by atoms with Crippen LogP contribution in [0.15, 0.2) is 0 Å². The summed E-state index contributed by atoms with van der Waals surface area (Å²) in [4.78, 5) is 27.1. The monoisotopic (exact) mass is 294 g/mol. The van der Waals surface area contributed by atoms with Crippen LogP contribution in [0.5, 0.6) is 0 Å². The Balaban J connectivity index is 2.12. The number of nitrogens with zero attached hydrogens (tertiary/aromatic N) is 1. The van der Waals surface area contributed by atoms with Crippen LogP contribution in [-0.4, -0.2) is 34.8 Å². The maximum Gasteiger partial charge on any atom is 0.246 e. The fraction of sp³-hybridized carbons (Fsp3) is 0.882. The van der Waals surface area contributed by atoms with E-state index < -0.39 is 0 Å². The van der Waals surface area contributed by atoms with Crippen molar-refractivity contribution >= 4 is 11.8 Å². The molecule has 1 saturated heterocycles. The van der Waals surface area contributed by atoms with Crippen LogP contribution in [-0.2, 0) is 9.59 Å². The highest BCUT2D eigenvalue weighted by molar-refractivity contribution is 5.97. The van der Waals surface area contributed by atoms with Crippen molar-refractivity contribution in [1.29, 1.82) is 0 Å². The van der Waals surface area contributed by atoms with Crippen LogP contribution in [0.3, 0.4) is 0 Å². The molecule has 120 valence electrons. The highest BCUT2D eigenvalue weighted by Gasteiger charge is 2.43. The molecule has 1 N–H and O–H groups in total. The van der Waals surface area contributed by atoms with Crippen LogP contribution >= 0.6 is 0 Å². The second kappa shape index (κ2) is 7.28. The zero-order chi connectivity index (χ0) is 15.4. The van der Waals surface area contributed by atoms with Crippen LogP contribution in [0.2, 0.25) is 0 Å². The molecule has 1 saturated carbocycles. The summed E-state index contributed by atoms with van der Waals surface area (Å²) >= 11 is 0. The van der Waals surface area contributed by atoms with Crippen molar-refractivity contribution in [1.82, 2.24) is 10.2 Å². The summed E-state index contributed by atoms with van der Waals surface area (Å²) in [6.45, 7) is 6.31. The first kappa shape index (κ1) is 16.3. The van der Waals surface area contributed by atoms with Gasteiger partial charge in [-0.15, -0.1) is 0 Å². The molecular formula is C17H30N2O2. The first-order valence-corrected chi connectivity index (χ1v) is 8.74. The average molecular weight is 294 g/mol. The Bertz CT molecular complexity index is 375. The molecule has 0 aromatic rings.